The average Bonchev–Trinajstić information content (AvgIpc) is 2.80. The van der Waals surface area contributed by atoms with E-state index in [9.17, 15) is 4.79 Å². The first-order chi connectivity index (χ1) is 8.41. The Hall–Kier alpha value is -0.870. The van der Waals surface area contributed by atoms with Gasteiger partial charge in [0.2, 0.25) is 0 Å². The molecule has 2 atom stereocenters. The Morgan fingerprint density at radius 1 is 1.56 bits per heavy atom. The molecule has 1 saturated carbocycles. The van der Waals surface area contributed by atoms with E-state index >= 15 is 0 Å². The molecule has 2 rings (SSSR count). The van der Waals surface area contributed by atoms with Crippen LogP contribution in [0.5, 0.6) is 0 Å². The molecule has 0 saturated heterocycles. The summed E-state index contributed by atoms with van der Waals surface area (Å²) in [6.07, 6.45) is 1.38. The van der Waals surface area contributed by atoms with Crippen LogP contribution in [-0.4, -0.2) is 24.2 Å². The topological polar surface area (TPSA) is 38.3 Å². The van der Waals surface area contributed by atoms with Gasteiger partial charge in [-0.3, -0.25) is 4.79 Å². The lowest BCUT2D eigenvalue weighted by Crippen LogP contribution is -2.62. The van der Waals surface area contributed by atoms with E-state index in [2.05, 4.69) is 19.2 Å². The van der Waals surface area contributed by atoms with Gasteiger partial charge in [-0.15, -0.1) is 0 Å². The highest BCUT2D eigenvalue weighted by Gasteiger charge is 2.50. The maximum absolute atomic E-state index is 12.0. The predicted molar refractivity (Wildman–Crippen MR) is 74.0 cm³/mol. The van der Waals surface area contributed by atoms with Crippen molar-refractivity contribution >= 4 is 17.2 Å². The maximum atomic E-state index is 12.0. The minimum atomic E-state index is 0.00987. The van der Waals surface area contributed by atoms with E-state index in [4.69, 9.17) is 4.74 Å². The fourth-order valence-electron chi connectivity index (χ4n) is 2.33. The largest absolute Gasteiger partial charge is 0.375 e. The first-order valence-corrected chi connectivity index (χ1v) is 7.34. The van der Waals surface area contributed by atoms with E-state index < -0.39 is 0 Å². The maximum Gasteiger partial charge on any atom is 0.252 e. The SMILES string of the molecule is CC(C)O[C@H]1C[C@H](NC(=O)c2ccsc2)C1(C)C. The lowest BCUT2D eigenvalue weighted by Gasteiger charge is -2.52. The smallest absolute Gasteiger partial charge is 0.252 e. The molecule has 1 N–H and O–H groups in total. The van der Waals surface area contributed by atoms with Crippen molar-refractivity contribution in [1.29, 1.82) is 0 Å². The quantitative estimate of drug-likeness (QED) is 0.910. The number of hydrogen-bond donors (Lipinski definition) is 1. The fraction of sp³-hybridized carbons (Fsp3) is 0.643. The Kier molecular flexibility index (Phi) is 3.78. The number of carbonyl (C=O) groups excluding carboxylic acids is 1. The highest BCUT2D eigenvalue weighted by molar-refractivity contribution is 7.08. The minimum Gasteiger partial charge on any atom is -0.375 e. The zero-order valence-corrected chi connectivity index (χ0v) is 12.2. The third-order valence-electron chi connectivity index (χ3n) is 3.70. The minimum absolute atomic E-state index is 0.00987. The molecule has 0 aromatic carbocycles. The highest BCUT2D eigenvalue weighted by atomic mass is 32.1. The van der Waals surface area contributed by atoms with Gasteiger partial charge in [0.25, 0.3) is 5.91 Å². The van der Waals surface area contributed by atoms with Gasteiger partial charge in [-0.05, 0) is 31.7 Å². The molecule has 0 unspecified atom stereocenters. The fourth-order valence-corrected chi connectivity index (χ4v) is 2.96. The number of rotatable bonds is 4. The highest BCUT2D eigenvalue weighted by Crippen LogP contribution is 2.43. The van der Waals surface area contributed by atoms with E-state index in [1.807, 2.05) is 30.7 Å². The van der Waals surface area contributed by atoms with Gasteiger partial charge in [-0.25, -0.2) is 0 Å². The number of thiophene rings is 1. The Balaban J connectivity index is 1.91. The van der Waals surface area contributed by atoms with Crippen LogP contribution >= 0.6 is 11.3 Å². The Labute approximate surface area is 113 Å². The summed E-state index contributed by atoms with van der Waals surface area (Å²) in [4.78, 5) is 12.0. The molecule has 0 aliphatic heterocycles. The van der Waals surface area contributed by atoms with Crippen molar-refractivity contribution in [2.45, 2.75) is 52.4 Å². The molecule has 1 heterocycles. The monoisotopic (exact) mass is 267 g/mol. The third kappa shape index (κ3) is 2.59. The van der Waals surface area contributed by atoms with Gasteiger partial charge < -0.3 is 10.1 Å². The molecule has 1 amide bonds. The molecule has 0 bridgehead atoms. The average molecular weight is 267 g/mol. The number of ether oxygens (including phenoxy) is 1. The van der Waals surface area contributed by atoms with Crippen molar-refractivity contribution in [3.05, 3.63) is 22.4 Å². The molecule has 100 valence electrons. The van der Waals surface area contributed by atoms with Crippen LogP contribution in [0.3, 0.4) is 0 Å². The van der Waals surface area contributed by atoms with Gasteiger partial charge in [-0.1, -0.05) is 13.8 Å². The molecule has 0 spiro atoms. The molecular weight excluding hydrogens is 246 g/mol. The summed E-state index contributed by atoms with van der Waals surface area (Å²) in [6, 6.07) is 2.06. The van der Waals surface area contributed by atoms with Crippen LogP contribution in [-0.2, 0) is 4.74 Å². The van der Waals surface area contributed by atoms with Crippen LogP contribution in [0.15, 0.2) is 16.8 Å². The number of carbonyl (C=O) groups is 1. The van der Waals surface area contributed by atoms with Crippen LogP contribution < -0.4 is 5.32 Å². The zero-order valence-electron chi connectivity index (χ0n) is 11.4. The summed E-state index contributed by atoms with van der Waals surface area (Å²) in [5, 5.41) is 6.90. The van der Waals surface area contributed by atoms with Gasteiger partial charge in [0.1, 0.15) is 0 Å². The van der Waals surface area contributed by atoms with Crippen LogP contribution in [0.25, 0.3) is 0 Å². The first kappa shape index (κ1) is 13.6. The number of amides is 1. The van der Waals surface area contributed by atoms with Crippen LogP contribution in [0.1, 0.15) is 44.5 Å². The predicted octanol–water partition coefficient (Wildman–Crippen LogP) is 3.07. The van der Waals surface area contributed by atoms with Crippen LogP contribution in [0.4, 0.5) is 0 Å². The molecule has 18 heavy (non-hydrogen) atoms. The van der Waals surface area contributed by atoms with Gasteiger partial charge in [0, 0.05) is 22.4 Å². The molecule has 4 heteroatoms. The van der Waals surface area contributed by atoms with E-state index in [0.29, 0.717) is 0 Å². The van der Waals surface area contributed by atoms with Crippen molar-refractivity contribution < 1.29 is 9.53 Å². The Morgan fingerprint density at radius 2 is 2.28 bits per heavy atom. The van der Waals surface area contributed by atoms with Crippen molar-refractivity contribution in [1.82, 2.24) is 5.32 Å². The second kappa shape index (κ2) is 5.02. The normalized spacial score (nSPS) is 25.8. The molecular formula is C14H21NO2S. The third-order valence-corrected chi connectivity index (χ3v) is 4.39. The van der Waals surface area contributed by atoms with E-state index in [1.54, 1.807) is 11.3 Å². The van der Waals surface area contributed by atoms with Crippen LogP contribution in [0, 0.1) is 5.41 Å². The summed E-state index contributed by atoms with van der Waals surface area (Å²) in [5.41, 5.74) is 0.764. The molecule has 1 aromatic rings. The van der Waals surface area contributed by atoms with E-state index in [-0.39, 0.29) is 29.6 Å². The summed E-state index contributed by atoms with van der Waals surface area (Å²) in [6.45, 7) is 8.41. The molecule has 1 aliphatic carbocycles. The summed E-state index contributed by atoms with van der Waals surface area (Å²) in [7, 11) is 0. The zero-order chi connectivity index (χ0) is 13.3. The summed E-state index contributed by atoms with van der Waals surface area (Å²) in [5.74, 6) is 0.0253. The lowest BCUT2D eigenvalue weighted by atomic mass is 9.64. The van der Waals surface area contributed by atoms with Gasteiger partial charge in [0.05, 0.1) is 12.2 Å². The lowest BCUT2D eigenvalue weighted by molar-refractivity contribution is -0.136. The molecule has 1 aromatic heterocycles. The molecule has 0 radical (unpaired) electrons. The second-order valence-corrected chi connectivity index (χ2v) is 6.55. The van der Waals surface area contributed by atoms with E-state index in [0.717, 1.165) is 12.0 Å². The Morgan fingerprint density at radius 3 is 2.78 bits per heavy atom. The van der Waals surface area contributed by atoms with Gasteiger partial charge >= 0.3 is 0 Å². The summed E-state index contributed by atoms with van der Waals surface area (Å²) >= 11 is 1.54. The molecule has 1 aliphatic rings. The van der Waals surface area contributed by atoms with Gasteiger partial charge in [0.15, 0.2) is 0 Å². The van der Waals surface area contributed by atoms with Crippen molar-refractivity contribution in [3.63, 3.8) is 0 Å². The summed E-state index contributed by atoms with van der Waals surface area (Å²) < 4.78 is 5.85. The standard InChI is InChI=1S/C14H21NO2S/c1-9(2)17-12-7-11(14(12,3)4)15-13(16)10-5-6-18-8-10/h5-6,8-9,11-12H,7H2,1-4H3,(H,15,16)/t11-,12-/m0/s1. The van der Waals surface area contributed by atoms with Crippen LogP contribution in [0.2, 0.25) is 0 Å². The van der Waals surface area contributed by atoms with Crippen molar-refractivity contribution in [3.8, 4) is 0 Å². The number of nitrogens with one attached hydrogen (secondary N) is 1. The van der Waals surface area contributed by atoms with E-state index in [1.165, 1.54) is 0 Å². The molecule has 3 nitrogen and oxygen atoms in total. The second-order valence-electron chi connectivity index (χ2n) is 5.77. The van der Waals surface area contributed by atoms with Crippen molar-refractivity contribution in [2.75, 3.05) is 0 Å². The van der Waals surface area contributed by atoms with Gasteiger partial charge in [-0.2, -0.15) is 11.3 Å². The number of hydrogen-bond acceptors (Lipinski definition) is 3. The first-order valence-electron chi connectivity index (χ1n) is 6.39. The Bertz CT molecular complexity index is 411. The van der Waals surface area contributed by atoms with Crippen molar-refractivity contribution in [2.24, 2.45) is 5.41 Å². The molecule has 1 fully saturated rings.